The molecule has 0 unspecified atom stereocenters. The first kappa shape index (κ1) is 21.7. The number of rotatable bonds is 3. The van der Waals surface area contributed by atoms with E-state index >= 15 is 0 Å². The molecule has 0 amide bonds. The van der Waals surface area contributed by atoms with Crippen LogP contribution >= 0.6 is 23.2 Å². The maximum atomic E-state index is 12.6. The number of benzene rings is 2. The van der Waals surface area contributed by atoms with Gasteiger partial charge >= 0.3 is 0 Å². The van der Waals surface area contributed by atoms with Crippen molar-refractivity contribution >= 4 is 54.4 Å². The molecule has 0 bridgehead atoms. The van der Waals surface area contributed by atoms with Gasteiger partial charge in [-0.1, -0.05) is 41.4 Å². The van der Waals surface area contributed by atoms with Crippen LogP contribution in [0.1, 0.15) is 27.1 Å². The summed E-state index contributed by atoms with van der Waals surface area (Å²) in [5.41, 5.74) is 0.0640. The number of halogens is 2. The van der Waals surface area contributed by atoms with Crippen LogP contribution in [0.5, 0.6) is 0 Å². The van der Waals surface area contributed by atoms with E-state index in [4.69, 9.17) is 23.2 Å². The van der Waals surface area contributed by atoms with Crippen LogP contribution in [0.2, 0.25) is 10.0 Å². The zero-order valence-corrected chi connectivity index (χ0v) is 18.6. The first-order chi connectivity index (χ1) is 14.5. The zero-order chi connectivity index (χ0) is 22.6. The Bertz CT molecular complexity index is 1480. The smallest absolute Gasteiger partial charge is 0.211 e. The van der Waals surface area contributed by atoms with Gasteiger partial charge in [0.25, 0.3) is 0 Å². The average Bonchev–Trinajstić information content (AvgIpc) is 3.00. The molecule has 2 aliphatic rings. The second-order valence-corrected chi connectivity index (χ2v) is 11.4. The lowest BCUT2D eigenvalue weighted by Gasteiger charge is -1.97. The minimum absolute atomic E-state index is 0.0175. The molecule has 4 rings (SSSR count). The van der Waals surface area contributed by atoms with Gasteiger partial charge in [0.2, 0.25) is 31.2 Å². The summed E-state index contributed by atoms with van der Waals surface area (Å²) in [6.45, 7) is 0. The molecule has 0 radical (unpaired) electrons. The summed E-state index contributed by atoms with van der Waals surface area (Å²) < 4.78 is 50.3. The highest BCUT2D eigenvalue weighted by Crippen LogP contribution is 2.37. The largest absolute Gasteiger partial charge is 0.288 e. The second kappa shape index (κ2) is 7.56. The molecule has 0 N–H and O–H groups in total. The lowest BCUT2D eigenvalue weighted by atomic mass is 10.1. The normalized spacial score (nSPS) is 21.2. The van der Waals surface area contributed by atoms with Crippen LogP contribution in [-0.4, -0.2) is 28.4 Å². The summed E-state index contributed by atoms with van der Waals surface area (Å²) in [7, 11) is -7.93. The number of carbonyl (C=O) groups excluding carboxylic acids is 2. The Labute approximate surface area is 188 Å². The van der Waals surface area contributed by atoms with Crippen molar-refractivity contribution in [1.82, 2.24) is 0 Å². The molecule has 0 atom stereocenters. The number of fused-ring (bicyclic) bond motifs is 2. The maximum Gasteiger partial charge on any atom is 0.211 e. The van der Waals surface area contributed by atoms with Gasteiger partial charge in [0.1, 0.15) is 9.81 Å². The highest BCUT2D eigenvalue weighted by atomic mass is 35.5. The van der Waals surface area contributed by atoms with Gasteiger partial charge in [-0.05, 0) is 48.9 Å². The Morgan fingerprint density at radius 2 is 1.35 bits per heavy atom. The van der Waals surface area contributed by atoms with Crippen molar-refractivity contribution in [2.75, 3.05) is 0 Å². The maximum absolute atomic E-state index is 12.6. The molecule has 0 saturated heterocycles. The van der Waals surface area contributed by atoms with Crippen LogP contribution in [0.15, 0.2) is 80.3 Å². The summed E-state index contributed by atoms with van der Waals surface area (Å²) >= 11 is 11.7. The highest BCUT2D eigenvalue weighted by molar-refractivity contribution is 7.97. The van der Waals surface area contributed by atoms with Gasteiger partial charge in [0, 0.05) is 21.2 Å². The van der Waals surface area contributed by atoms with Gasteiger partial charge in [-0.3, -0.25) is 9.59 Å². The van der Waals surface area contributed by atoms with Crippen molar-refractivity contribution in [1.29, 1.82) is 0 Å². The molecule has 6 nitrogen and oxygen atoms in total. The zero-order valence-electron chi connectivity index (χ0n) is 15.5. The van der Waals surface area contributed by atoms with E-state index in [9.17, 15) is 26.4 Å². The lowest BCUT2D eigenvalue weighted by molar-refractivity contribution is 0.103. The topological polar surface area (TPSA) is 102 Å². The number of carbonyl (C=O) groups is 2. The summed E-state index contributed by atoms with van der Waals surface area (Å²) in [5.74, 6) is -1.29. The molecule has 0 aliphatic carbocycles. The molecule has 0 aromatic heterocycles. The fourth-order valence-electron chi connectivity index (χ4n) is 3.34. The molecule has 2 aromatic carbocycles. The molecular weight excluding hydrogens is 483 g/mol. The Morgan fingerprint density at radius 3 is 2.10 bits per heavy atom. The predicted molar refractivity (Wildman–Crippen MR) is 116 cm³/mol. The van der Waals surface area contributed by atoms with Gasteiger partial charge in [0.05, 0.1) is 9.79 Å². The molecule has 31 heavy (non-hydrogen) atoms. The standard InChI is InChI=1S/C21H12Cl2O6S2/c22-12-7-9-16-15(10-12)21(25)18(30(16,26)27)5-3-1-2-4-17-20(24)14-8-6-13(23)11-19(14)31(17,28)29/h1-2,4-11H,3H2. The number of hydrogen-bond acceptors (Lipinski definition) is 6. The van der Waals surface area contributed by atoms with E-state index in [0.717, 1.165) is 6.08 Å². The monoisotopic (exact) mass is 494 g/mol. The molecular formula is C21H12Cl2O6S2. The predicted octanol–water partition coefficient (Wildman–Crippen LogP) is 4.35. The Morgan fingerprint density at radius 1 is 0.742 bits per heavy atom. The van der Waals surface area contributed by atoms with Crippen LogP contribution < -0.4 is 0 Å². The Balaban J connectivity index is 1.58. The van der Waals surface area contributed by atoms with Crippen molar-refractivity contribution in [2.45, 2.75) is 16.2 Å². The van der Waals surface area contributed by atoms with Crippen molar-refractivity contribution in [3.05, 3.63) is 91.7 Å². The van der Waals surface area contributed by atoms with Crippen LogP contribution in [0.25, 0.3) is 0 Å². The fourth-order valence-corrected chi connectivity index (χ4v) is 6.93. The molecule has 0 saturated carbocycles. The fraction of sp³-hybridized carbons (Fsp3) is 0.0476. The van der Waals surface area contributed by atoms with E-state index in [1.807, 2.05) is 0 Å². The van der Waals surface area contributed by atoms with E-state index in [-0.39, 0.29) is 42.3 Å². The highest BCUT2D eigenvalue weighted by Gasteiger charge is 2.39. The van der Waals surface area contributed by atoms with E-state index in [1.54, 1.807) is 0 Å². The van der Waals surface area contributed by atoms with Crippen LogP contribution in [0.3, 0.4) is 0 Å². The van der Waals surface area contributed by atoms with E-state index in [2.05, 4.69) is 0 Å². The summed E-state index contributed by atoms with van der Waals surface area (Å²) in [6, 6.07) is 7.99. The van der Waals surface area contributed by atoms with Gasteiger partial charge in [-0.25, -0.2) is 16.8 Å². The third kappa shape index (κ3) is 3.49. The van der Waals surface area contributed by atoms with Crippen molar-refractivity contribution in [3.63, 3.8) is 0 Å². The molecule has 2 aromatic rings. The number of sulfone groups is 2. The van der Waals surface area contributed by atoms with Crippen molar-refractivity contribution < 1.29 is 26.4 Å². The SMILES string of the molecule is O=C1C(=CCC=CC=C2C(=O)c3ccc(Cl)cc3S2(=O)=O)S(=O)(=O)c2ccc(Cl)cc21. The van der Waals surface area contributed by atoms with E-state index in [0.29, 0.717) is 0 Å². The lowest BCUT2D eigenvalue weighted by Crippen LogP contribution is -2.02. The third-order valence-electron chi connectivity index (χ3n) is 4.80. The Kier molecular flexibility index (Phi) is 5.29. The second-order valence-electron chi connectivity index (χ2n) is 6.71. The average molecular weight is 495 g/mol. The number of ketones is 2. The summed E-state index contributed by atoms with van der Waals surface area (Å²) in [6.07, 6.45) is 5.17. The molecule has 2 aliphatic heterocycles. The van der Waals surface area contributed by atoms with E-state index < -0.39 is 36.1 Å². The first-order valence-electron chi connectivity index (χ1n) is 8.81. The van der Waals surface area contributed by atoms with Crippen molar-refractivity contribution in [2.24, 2.45) is 0 Å². The minimum Gasteiger partial charge on any atom is -0.288 e. The van der Waals surface area contributed by atoms with Crippen LogP contribution in [-0.2, 0) is 19.7 Å². The van der Waals surface area contributed by atoms with Gasteiger partial charge < -0.3 is 0 Å². The molecule has 158 valence electrons. The molecule has 2 heterocycles. The molecule has 0 fully saturated rings. The van der Waals surface area contributed by atoms with Crippen molar-refractivity contribution in [3.8, 4) is 0 Å². The summed E-state index contributed by atoms with van der Waals surface area (Å²) in [4.78, 5) is 23.8. The number of Topliss-reactive ketones (excluding diaryl/α,β-unsaturated/α-hetero) is 2. The molecule has 10 heteroatoms. The van der Waals surface area contributed by atoms with Gasteiger partial charge in [0.15, 0.2) is 0 Å². The molecule has 0 spiro atoms. The third-order valence-corrected chi connectivity index (χ3v) is 8.96. The number of allylic oxidation sites excluding steroid dienone is 6. The number of hydrogen-bond donors (Lipinski definition) is 0. The Hall–Kier alpha value is -2.52. The van der Waals surface area contributed by atoms with Crippen LogP contribution in [0.4, 0.5) is 0 Å². The summed E-state index contributed by atoms with van der Waals surface area (Å²) in [5, 5.41) is 0.447. The quantitative estimate of drug-likeness (QED) is 0.587. The first-order valence-corrected chi connectivity index (χ1v) is 12.5. The van der Waals surface area contributed by atoms with E-state index in [1.165, 1.54) is 54.6 Å². The van der Waals surface area contributed by atoms with Gasteiger partial charge in [-0.15, -0.1) is 0 Å². The van der Waals surface area contributed by atoms with Crippen LogP contribution in [0, 0.1) is 0 Å². The minimum atomic E-state index is -3.99. The van der Waals surface area contributed by atoms with Gasteiger partial charge in [-0.2, -0.15) is 0 Å².